The van der Waals surface area contributed by atoms with Crippen LogP contribution in [-0.4, -0.2) is 42.6 Å². The van der Waals surface area contributed by atoms with Crippen LogP contribution in [-0.2, 0) is 24.2 Å². The highest BCUT2D eigenvalue weighted by molar-refractivity contribution is 5.87. The van der Waals surface area contributed by atoms with Crippen molar-refractivity contribution in [1.29, 1.82) is 0 Å². The number of nitrogens with zero attached hydrogens (tertiary/aromatic N) is 1. The van der Waals surface area contributed by atoms with Gasteiger partial charge in [-0.3, -0.25) is 4.79 Å². The van der Waals surface area contributed by atoms with Crippen LogP contribution in [0, 0.1) is 0 Å². The maximum atomic E-state index is 12.6. The molecule has 1 aliphatic rings. The van der Waals surface area contributed by atoms with Crippen molar-refractivity contribution >= 4 is 11.9 Å². The zero-order chi connectivity index (χ0) is 19.4. The van der Waals surface area contributed by atoms with Gasteiger partial charge in [0.1, 0.15) is 0 Å². The quantitative estimate of drug-likeness (QED) is 0.847. The van der Waals surface area contributed by atoms with E-state index < -0.39 is 5.97 Å². The molecule has 6 heteroatoms. The predicted molar refractivity (Wildman–Crippen MR) is 100 cm³/mol. The van der Waals surface area contributed by atoms with E-state index >= 15 is 0 Å². The molecule has 0 atom stereocenters. The lowest BCUT2D eigenvalue weighted by Gasteiger charge is -2.29. The summed E-state index contributed by atoms with van der Waals surface area (Å²) < 4.78 is 10.7. The topological polar surface area (TPSA) is 76.1 Å². The van der Waals surface area contributed by atoms with Crippen LogP contribution in [0.3, 0.4) is 0 Å². The Bertz CT molecular complexity index is 844. The molecule has 0 fully saturated rings. The number of carboxylic acid groups (broad SMARTS) is 1. The number of amides is 1. The molecule has 0 unspecified atom stereocenters. The van der Waals surface area contributed by atoms with Crippen LogP contribution < -0.4 is 9.47 Å². The molecule has 0 saturated carbocycles. The largest absolute Gasteiger partial charge is 0.493 e. The Labute approximate surface area is 158 Å². The molecule has 0 aliphatic carbocycles. The third kappa shape index (κ3) is 4.22. The molecule has 1 N–H and O–H groups in total. The molecule has 1 amide bonds. The lowest BCUT2D eigenvalue weighted by Crippen LogP contribution is -2.36. The molecule has 0 saturated heterocycles. The number of benzene rings is 2. The second kappa shape index (κ2) is 8.12. The van der Waals surface area contributed by atoms with Crippen LogP contribution in [0.25, 0.3) is 0 Å². The van der Waals surface area contributed by atoms with Crippen molar-refractivity contribution in [2.24, 2.45) is 0 Å². The van der Waals surface area contributed by atoms with Crippen LogP contribution >= 0.6 is 0 Å². The normalized spacial score (nSPS) is 13.0. The Balaban J connectivity index is 1.62. The lowest BCUT2D eigenvalue weighted by molar-refractivity contribution is -0.132. The lowest BCUT2D eigenvalue weighted by atomic mass is 9.98. The first kappa shape index (κ1) is 18.8. The summed E-state index contributed by atoms with van der Waals surface area (Å²) in [6, 6.07) is 10.6. The standard InChI is InChI=1S/C21H23NO5/c1-26-18-11-16-9-10-22(13-17(16)12-19(18)27-2)20(23)8-5-14-3-6-15(7-4-14)21(24)25/h3-4,6-7,11-12H,5,8-10,13H2,1-2H3,(H,24,25). The van der Waals surface area contributed by atoms with E-state index in [1.54, 1.807) is 38.5 Å². The Kier molecular flexibility index (Phi) is 5.64. The van der Waals surface area contributed by atoms with Crippen molar-refractivity contribution in [3.05, 3.63) is 58.7 Å². The number of carboxylic acids is 1. The summed E-state index contributed by atoms with van der Waals surface area (Å²) in [7, 11) is 3.22. The Morgan fingerprint density at radius 1 is 1.04 bits per heavy atom. The van der Waals surface area contributed by atoms with E-state index in [9.17, 15) is 9.59 Å². The van der Waals surface area contributed by atoms with Crippen molar-refractivity contribution in [1.82, 2.24) is 4.90 Å². The Morgan fingerprint density at radius 2 is 1.67 bits per heavy atom. The minimum Gasteiger partial charge on any atom is -0.493 e. The van der Waals surface area contributed by atoms with Gasteiger partial charge in [-0.2, -0.15) is 0 Å². The molecule has 3 rings (SSSR count). The van der Waals surface area contributed by atoms with Crippen LogP contribution in [0.15, 0.2) is 36.4 Å². The third-order valence-electron chi connectivity index (χ3n) is 4.90. The van der Waals surface area contributed by atoms with Crippen molar-refractivity contribution < 1.29 is 24.2 Å². The van der Waals surface area contributed by atoms with Gasteiger partial charge in [-0.1, -0.05) is 12.1 Å². The summed E-state index contributed by atoms with van der Waals surface area (Å²) >= 11 is 0. The molecule has 1 heterocycles. The van der Waals surface area contributed by atoms with E-state index in [4.69, 9.17) is 14.6 Å². The van der Waals surface area contributed by atoms with Crippen LogP contribution in [0.5, 0.6) is 11.5 Å². The number of carbonyl (C=O) groups is 2. The minimum atomic E-state index is -0.948. The second-order valence-electron chi connectivity index (χ2n) is 6.54. The zero-order valence-electron chi connectivity index (χ0n) is 15.5. The fraction of sp³-hybridized carbons (Fsp3) is 0.333. The number of hydrogen-bond acceptors (Lipinski definition) is 4. The van der Waals surface area contributed by atoms with Gasteiger partial charge in [-0.15, -0.1) is 0 Å². The van der Waals surface area contributed by atoms with Crippen LogP contribution in [0.4, 0.5) is 0 Å². The molecular weight excluding hydrogens is 346 g/mol. The molecule has 1 aliphatic heterocycles. The van der Waals surface area contributed by atoms with Crippen molar-refractivity contribution in [3.8, 4) is 11.5 Å². The van der Waals surface area contributed by atoms with E-state index in [2.05, 4.69) is 0 Å². The number of methoxy groups -OCH3 is 2. The summed E-state index contributed by atoms with van der Waals surface area (Å²) in [6.07, 6.45) is 1.78. The number of aryl methyl sites for hydroxylation is 1. The first-order chi connectivity index (χ1) is 13.0. The van der Waals surface area contributed by atoms with Gasteiger partial charge in [0, 0.05) is 19.5 Å². The number of fused-ring (bicyclic) bond motifs is 1. The molecule has 2 aromatic carbocycles. The highest BCUT2D eigenvalue weighted by Gasteiger charge is 2.22. The number of rotatable bonds is 6. The zero-order valence-corrected chi connectivity index (χ0v) is 15.5. The van der Waals surface area contributed by atoms with Crippen molar-refractivity contribution in [2.45, 2.75) is 25.8 Å². The third-order valence-corrected chi connectivity index (χ3v) is 4.90. The second-order valence-corrected chi connectivity index (χ2v) is 6.54. The average Bonchev–Trinajstić information content (AvgIpc) is 2.70. The molecule has 0 bridgehead atoms. The molecular formula is C21H23NO5. The number of carbonyl (C=O) groups excluding carboxylic acids is 1. The van der Waals surface area contributed by atoms with Gasteiger partial charge in [0.2, 0.25) is 5.91 Å². The van der Waals surface area contributed by atoms with Crippen molar-refractivity contribution in [2.75, 3.05) is 20.8 Å². The van der Waals surface area contributed by atoms with E-state index in [0.29, 0.717) is 37.4 Å². The van der Waals surface area contributed by atoms with Gasteiger partial charge in [0.15, 0.2) is 11.5 Å². The first-order valence-electron chi connectivity index (χ1n) is 8.85. The molecule has 0 radical (unpaired) electrons. The molecule has 142 valence electrons. The van der Waals surface area contributed by atoms with Gasteiger partial charge < -0.3 is 19.5 Å². The van der Waals surface area contributed by atoms with Gasteiger partial charge in [-0.05, 0) is 53.8 Å². The van der Waals surface area contributed by atoms with Gasteiger partial charge in [0.25, 0.3) is 0 Å². The summed E-state index contributed by atoms with van der Waals surface area (Å²) in [6.45, 7) is 1.24. The Morgan fingerprint density at radius 3 is 2.26 bits per heavy atom. The van der Waals surface area contributed by atoms with Gasteiger partial charge >= 0.3 is 5.97 Å². The average molecular weight is 369 g/mol. The fourth-order valence-corrected chi connectivity index (χ4v) is 3.32. The summed E-state index contributed by atoms with van der Waals surface area (Å²) in [4.78, 5) is 25.4. The summed E-state index contributed by atoms with van der Waals surface area (Å²) in [5.41, 5.74) is 3.47. The predicted octanol–water partition coefficient (Wildman–Crippen LogP) is 2.92. The first-order valence-corrected chi connectivity index (χ1v) is 8.85. The highest BCUT2D eigenvalue weighted by Crippen LogP contribution is 2.33. The molecule has 0 spiro atoms. The smallest absolute Gasteiger partial charge is 0.335 e. The summed E-state index contributed by atoms with van der Waals surface area (Å²) in [5, 5.41) is 8.94. The van der Waals surface area contributed by atoms with Crippen LogP contribution in [0.2, 0.25) is 0 Å². The van der Waals surface area contributed by atoms with E-state index in [1.165, 1.54) is 5.56 Å². The summed E-state index contributed by atoms with van der Waals surface area (Å²) in [5.74, 6) is 0.527. The number of aromatic carboxylic acids is 1. The van der Waals surface area contributed by atoms with Gasteiger partial charge in [0.05, 0.1) is 19.8 Å². The molecule has 0 aromatic heterocycles. The minimum absolute atomic E-state index is 0.0951. The molecule has 2 aromatic rings. The number of hydrogen-bond donors (Lipinski definition) is 1. The SMILES string of the molecule is COc1cc2c(cc1OC)CN(C(=O)CCc1ccc(C(=O)O)cc1)CC2. The van der Waals surface area contributed by atoms with Crippen molar-refractivity contribution in [3.63, 3.8) is 0 Å². The number of ether oxygens (including phenoxy) is 2. The highest BCUT2D eigenvalue weighted by atomic mass is 16.5. The monoisotopic (exact) mass is 369 g/mol. The Hall–Kier alpha value is -3.02. The van der Waals surface area contributed by atoms with Gasteiger partial charge in [-0.25, -0.2) is 4.79 Å². The maximum absolute atomic E-state index is 12.6. The fourth-order valence-electron chi connectivity index (χ4n) is 3.32. The molecule has 6 nitrogen and oxygen atoms in total. The van der Waals surface area contributed by atoms with E-state index in [-0.39, 0.29) is 11.5 Å². The maximum Gasteiger partial charge on any atom is 0.335 e. The van der Waals surface area contributed by atoms with E-state index in [0.717, 1.165) is 17.5 Å². The molecule has 27 heavy (non-hydrogen) atoms. The van der Waals surface area contributed by atoms with E-state index in [1.807, 2.05) is 17.0 Å². The van der Waals surface area contributed by atoms with Crippen LogP contribution in [0.1, 0.15) is 33.5 Å².